The van der Waals surface area contributed by atoms with Crippen molar-refractivity contribution in [3.63, 3.8) is 0 Å². The van der Waals surface area contributed by atoms with Crippen molar-refractivity contribution in [2.45, 2.75) is 6.92 Å². The van der Waals surface area contributed by atoms with Crippen molar-refractivity contribution < 1.29 is 19.1 Å². The topological polar surface area (TPSA) is 84.5 Å². The van der Waals surface area contributed by atoms with Crippen LogP contribution in [0.2, 0.25) is 10.0 Å². The standard InChI is InChI=1S/C22H16Cl2N2O4/c1-13(27)30-18-7-2-4-14(10-18)21(28)25-16-5-3-6-17(12-16)26-22(29)15-8-9-19(23)20(24)11-15/h2-12H,1H3,(H,25,28)(H,26,29). The van der Waals surface area contributed by atoms with E-state index in [4.69, 9.17) is 27.9 Å². The summed E-state index contributed by atoms with van der Waals surface area (Å²) in [6.45, 7) is 1.28. The minimum absolute atomic E-state index is 0.276. The number of anilines is 2. The molecule has 2 amide bonds. The third-order valence-electron chi connectivity index (χ3n) is 3.92. The van der Waals surface area contributed by atoms with E-state index in [1.54, 1.807) is 54.6 Å². The zero-order valence-corrected chi connectivity index (χ0v) is 17.3. The zero-order valence-electron chi connectivity index (χ0n) is 15.7. The van der Waals surface area contributed by atoms with Gasteiger partial charge in [-0.25, -0.2) is 0 Å². The highest BCUT2D eigenvalue weighted by Crippen LogP contribution is 2.24. The van der Waals surface area contributed by atoms with Crippen LogP contribution in [0.25, 0.3) is 0 Å². The first kappa shape index (κ1) is 21.4. The molecule has 3 aromatic carbocycles. The molecule has 0 aliphatic carbocycles. The van der Waals surface area contributed by atoms with Crippen LogP contribution < -0.4 is 15.4 Å². The highest BCUT2D eigenvalue weighted by molar-refractivity contribution is 6.42. The number of carbonyl (C=O) groups is 3. The Balaban J connectivity index is 1.71. The van der Waals surface area contributed by atoms with Gasteiger partial charge in [-0.2, -0.15) is 0 Å². The monoisotopic (exact) mass is 442 g/mol. The van der Waals surface area contributed by atoms with Crippen LogP contribution in [0.15, 0.2) is 66.7 Å². The van der Waals surface area contributed by atoms with Crippen LogP contribution in [-0.4, -0.2) is 17.8 Å². The maximum absolute atomic E-state index is 12.5. The lowest BCUT2D eigenvalue weighted by molar-refractivity contribution is -0.131. The molecule has 6 nitrogen and oxygen atoms in total. The number of benzene rings is 3. The molecule has 0 heterocycles. The van der Waals surface area contributed by atoms with Crippen LogP contribution in [0.4, 0.5) is 11.4 Å². The van der Waals surface area contributed by atoms with Gasteiger partial charge >= 0.3 is 5.97 Å². The summed E-state index contributed by atoms with van der Waals surface area (Å²) in [5, 5.41) is 6.12. The Morgan fingerprint density at radius 3 is 1.93 bits per heavy atom. The second-order valence-electron chi connectivity index (χ2n) is 6.24. The second kappa shape index (κ2) is 9.43. The highest BCUT2D eigenvalue weighted by Gasteiger charge is 2.11. The van der Waals surface area contributed by atoms with Gasteiger partial charge < -0.3 is 15.4 Å². The van der Waals surface area contributed by atoms with E-state index in [1.165, 1.54) is 19.1 Å². The van der Waals surface area contributed by atoms with E-state index in [9.17, 15) is 14.4 Å². The fraction of sp³-hybridized carbons (Fsp3) is 0.0455. The minimum atomic E-state index is -0.474. The van der Waals surface area contributed by atoms with E-state index in [0.717, 1.165) is 0 Å². The van der Waals surface area contributed by atoms with Gasteiger partial charge in [-0.1, -0.05) is 35.3 Å². The Hall–Kier alpha value is -3.35. The van der Waals surface area contributed by atoms with Gasteiger partial charge in [0, 0.05) is 29.4 Å². The van der Waals surface area contributed by atoms with E-state index in [-0.39, 0.29) is 16.7 Å². The fourth-order valence-electron chi connectivity index (χ4n) is 2.59. The normalized spacial score (nSPS) is 10.2. The number of halogens is 2. The molecule has 152 valence electrons. The maximum atomic E-state index is 12.5. The average molecular weight is 443 g/mol. The highest BCUT2D eigenvalue weighted by atomic mass is 35.5. The number of hydrogen-bond acceptors (Lipinski definition) is 4. The third kappa shape index (κ3) is 5.59. The Bertz CT molecular complexity index is 1130. The first-order valence-corrected chi connectivity index (χ1v) is 9.54. The molecule has 0 aromatic heterocycles. The molecule has 8 heteroatoms. The van der Waals surface area contributed by atoms with E-state index < -0.39 is 11.9 Å². The van der Waals surface area contributed by atoms with E-state index >= 15 is 0 Å². The molecule has 0 radical (unpaired) electrons. The molecule has 0 aliphatic heterocycles. The van der Waals surface area contributed by atoms with Gasteiger partial charge in [0.1, 0.15) is 5.75 Å². The van der Waals surface area contributed by atoms with Crippen LogP contribution in [0.5, 0.6) is 5.75 Å². The summed E-state index contributed by atoms with van der Waals surface area (Å²) in [4.78, 5) is 36.0. The van der Waals surface area contributed by atoms with Gasteiger partial charge in [0.05, 0.1) is 10.0 Å². The maximum Gasteiger partial charge on any atom is 0.308 e. The molecule has 3 aromatic rings. The molecule has 2 N–H and O–H groups in total. The third-order valence-corrected chi connectivity index (χ3v) is 4.66. The van der Waals surface area contributed by atoms with Crippen LogP contribution in [-0.2, 0) is 4.79 Å². The van der Waals surface area contributed by atoms with E-state index in [2.05, 4.69) is 10.6 Å². The van der Waals surface area contributed by atoms with Gasteiger partial charge in [0.25, 0.3) is 11.8 Å². The first-order chi connectivity index (χ1) is 14.3. The Labute approximate surface area is 182 Å². The van der Waals surface area contributed by atoms with Crippen molar-refractivity contribution in [2.24, 2.45) is 0 Å². The van der Waals surface area contributed by atoms with Crippen molar-refractivity contribution in [2.75, 3.05) is 10.6 Å². The molecule has 3 rings (SSSR count). The number of esters is 1. The fourth-order valence-corrected chi connectivity index (χ4v) is 2.88. The molecule has 0 fully saturated rings. The van der Waals surface area contributed by atoms with E-state index in [1.807, 2.05) is 0 Å². The summed E-state index contributed by atoms with van der Waals surface area (Å²) < 4.78 is 4.99. The Morgan fingerprint density at radius 1 is 0.733 bits per heavy atom. The lowest BCUT2D eigenvalue weighted by Crippen LogP contribution is -2.14. The number of hydrogen-bond donors (Lipinski definition) is 2. The number of carbonyl (C=O) groups excluding carboxylic acids is 3. The van der Waals surface area contributed by atoms with Gasteiger partial charge in [-0.05, 0) is 54.6 Å². The largest absolute Gasteiger partial charge is 0.427 e. The summed E-state index contributed by atoms with van der Waals surface area (Å²) in [6.07, 6.45) is 0. The number of nitrogens with one attached hydrogen (secondary N) is 2. The molecular weight excluding hydrogens is 427 g/mol. The van der Waals surface area contributed by atoms with Crippen LogP contribution >= 0.6 is 23.2 Å². The minimum Gasteiger partial charge on any atom is -0.427 e. The lowest BCUT2D eigenvalue weighted by Gasteiger charge is -2.10. The molecule has 0 atom stereocenters. The van der Waals surface area contributed by atoms with Crippen molar-refractivity contribution in [3.8, 4) is 5.75 Å². The Morgan fingerprint density at radius 2 is 1.33 bits per heavy atom. The second-order valence-corrected chi connectivity index (χ2v) is 7.05. The van der Waals surface area contributed by atoms with Crippen molar-refractivity contribution in [3.05, 3.63) is 87.9 Å². The Kier molecular flexibility index (Phi) is 6.72. The summed E-state index contributed by atoms with van der Waals surface area (Å²) in [5.41, 5.74) is 1.63. The first-order valence-electron chi connectivity index (χ1n) is 8.78. The molecule has 0 spiro atoms. The number of amides is 2. The molecule has 0 bridgehead atoms. The van der Waals surface area contributed by atoms with Gasteiger partial charge in [-0.3, -0.25) is 14.4 Å². The summed E-state index contributed by atoms with van der Waals surface area (Å²) in [7, 11) is 0. The van der Waals surface area contributed by atoms with E-state index in [0.29, 0.717) is 27.5 Å². The number of ether oxygens (including phenoxy) is 1. The lowest BCUT2D eigenvalue weighted by atomic mass is 10.2. The van der Waals surface area contributed by atoms with Gasteiger partial charge in [0.2, 0.25) is 0 Å². The van der Waals surface area contributed by atoms with Crippen LogP contribution in [0.1, 0.15) is 27.6 Å². The predicted octanol–water partition coefficient (Wildman–Crippen LogP) is 5.42. The predicted molar refractivity (Wildman–Crippen MR) is 117 cm³/mol. The molecule has 0 saturated carbocycles. The smallest absolute Gasteiger partial charge is 0.308 e. The van der Waals surface area contributed by atoms with Crippen molar-refractivity contribution >= 4 is 52.4 Å². The molecule has 0 saturated heterocycles. The summed E-state index contributed by atoms with van der Waals surface area (Å²) in [5.74, 6) is -0.959. The SMILES string of the molecule is CC(=O)Oc1cccc(C(=O)Nc2cccc(NC(=O)c3ccc(Cl)c(Cl)c3)c2)c1. The molecule has 30 heavy (non-hydrogen) atoms. The van der Waals surface area contributed by atoms with Crippen molar-refractivity contribution in [1.29, 1.82) is 0 Å². The summed E-state index contributed by atoms with van der Waals surface area (Å²) in [6, 6.07) is 17.5. The van der Waals surface area contributed by atoms with Crippen molar-refractivity contribution in [1.82, 2.24) is 0 Å². The molecular formula is C22H16Cl2N2O4. The summed E-state index contributed by atoms with van der Waals surface area (Å²) >= 11 is 11.8. The molecule has 0 unspecified atom stereocenters. The zero-order chi connectivity index (χ0) is 21.7. The van der Waals surface area contributed by atoms with Gasteiger partial charge in [0.15, 0.2) is 0 Å². The van der Waals surface area contributed by atoms with Crippen LogP contribution in [0.3, 0.4) is 0 Å². The number of rotatable bonds is 5. The van der Waals surface area contributed by atoms with Crippen LogP contribution in [0, 0.1) is 0 Å². The molecule has 0 aliphatic rings. The van der Waals surface area contributed by atoms with Gasteiger partial charge in [-0.15, -0.1) is 0 Å². The quantitative estimate of drug-likeness (QED) is 0.407. The average Bonchev–Trinajstić information content (AvgIpc) is 2.70.